The highest BCUT2D eigenvalue weighted by Gasteiger charge is 2.50. The van der Waals surface area contributed by atoms with Crippen molar-refractivity contribution in [1.82, 2.24) is 0 Å². The molecule has 2 atom stereocenters. The highest BCUT2D eigenvalue weighted by molar-refractivity contribution is 7.80. The Morgan fingerprint density at radius 3 is 2.33 bits per heavy atom. The molecule has 140 valence electrons. The van der Waals surface area contributed by atoms with Crippen LogP contribution in [0.4, 0.5) is 5.69 Å². The van der Waals surface area contributed by atoms with E-state index in [9.17, 15) is 14.7 Å². The van der Waals surface area contributed by atoms with Gasteiger partial charge < -0.3 is 10.0 Å². The molecule has 0 saturated heterocycles. The van der Waals surface area contributed by atoms with Crippen LogP contribution in [0.25, 0.3) is 0 Å². The number of carboxylic acid groups (broad SMARTS) is 1. The van der Waals surface area contributed by atoms with Crippen molar-refractivity contribution in [2.45, 2.75) is 38.6 Å². The molecule has 27 heavy (non-hydrogen) atoms. The fourth-order valence-corrected chi connectivity index (χ4v) is 4.13. The van der Waals surface area contributed by atoms with Gasteiger partial charge in [0.25, 0.3) is 0 Å². The van der Waals surface area contributed by atoms with E-state index in [0.717, 1.165) is 11.3 Å². The monoisotopic (exact) mass is 381 g/mol. The minimum Gasteiger partial charge on any atom is -0.480 e. The number of carbonyl (C=O) groups is 2. The normalized spacial score (nSPS) is 18.6. The van der Waals surface area contributed by atoms with Crippen LogP contribution < -0.4 is 4.90 Å². The zero-order valence-corrected chi connectivity index (χ0v) is 16.5. The van der Waals surface area contributed by atoms with Crippen molar-refractivity contribution in [3.63, 3.8) is 0 Å². The minimum atomic E-state index is -0.917. The summed E-state index contributed by atoms with van der Waals surface area (Å²) in [4.78, 5) is 26.9. The van der Waals surface area contributed by atoms with Gasteiger partial charge in [-0.2, -0.15) is 0 Å². The summed E-state index contributed by atoms with van der Waals surface area (Å²) in [5, 5.41) is 9.91. The predicted molar refractivity (Wildman–Crippen MR) is 111 cm³/mol. The molecule has 2 aromatic rings. The van der Waals surface area contributed by atoms with Crippen molar-refractivity contribution in [3.8, 4) is 0 Å². The van der Waals surface area contributed by atoms with Gasteiger partial charge in [-0.3, -0.25) is 4.79 Å². The van der Waals surface area contributed by atoms with Crippen molar-refractivity contribution < 1.29 is 14.7 Å². The van der Waals surface area contributed by atoms with E-state index in [1.54, 1.807) is 17.0 Å². The van der Waals surface area contributed by atoms with Gasteiger partial charge in [0.2, 0.25) is 0 Å². The third-order valence-electron chi connectivity index (χ3n) is 5.28. The van der Waals surface area contributed by atoms with Crippen LogP contribution in [0.3, 0.4) is 0 Å². The number of rotatable bonds is 5. The Hall–Kier alpha value is -2.53. The SMILES string of the molecule is CC(CC(=O)c1ccccc1)C(=S)N1c2ccccc2C(C)(C)C1C(=O)O. The van der Waals surface area contributed by atoms with E-state index in [1.165, 1.54) is 0 Å². The summed E-state index contributed by atoms with van der Waals surface area (Å²) in [6.45, 7) is 5.73. The van der Waals surface area contributed by atoms with E-state index in [4.69, 9.17) is 12.2 Å². The Bertz CT molecular complexity index is 891. The summed E-state index contributed by atoms with van der Waals surface area (Å²) >= 11 is 5.69. The molecular formula is C22H23NO3S. The first-order valence-corrected chi connectivity index (χ1v) is 9.39. The average Bonchev–Trinajstić information content (AvgIpc) is 2.89. The highest BCUT2D eigenvalue weighted by atomic mass is 32.1. The fraction of sp³-hybridized carbons (Fsp3) is 0.318. The first kappa shape index (κ1) is 19.2. The van der Waals surface area contributed by atoms with Crippen LogP contribution in [0.15, 0.2) is 54.6 Å². The molecule has 2 unspecified atom stereocenters. The van der Waals surface area contributed by atoms with E-state index in [2.05, 4.69) is 0 Å². The number of hydrogen-bond acceptors (Lipinski definition) is 3. The van der Waals surface area contributed by atoms with Crippen LogP contribution in [0, 0.1) is 5.92 Å². The molecule has 1 N–H and O–H groups in total. The van der Waals surface area contributed by atoms with Crippen molar-refractivity contribution >= 4 is 34.6 Å². The van der Waals surface area contributed by atoms with Crippen molar-refractivity contribution in [3.05, 3.63) is 65.7 Å². The van der Waals surface area contributed by atoms with E-state index in [0.29, 0.717) is 10.6 Å². The zero-order chi connectivity index (χ0) is 19.8. The van der Waals surface area contributed by atoms with Gasteiger partial charge in [0.1, 0.15) is 6.04 Å². The summed E-state index contributed by atoms with van der Waals surface area (Å²) in [6, 6.07) is 15.9. The quantitative estimate of drug-likeness (QED) is 0.611. The van der Waals surface area contributed by atoms with Crippen molar-refractivity contribution in [1.29, 1.82) is 0 Å². The average molecular weight is 381 g/mol. The van der Waals surface area contributed by atoms with Crippen LogP contribution in [0.2, 0.25) is 0 Å². The third kappa shape index (κ3) is 3.39. The Kier molecular flexibility index (Phi) is 5.16. The summed E-state index contributed by atoms with van der Waals surface area (Å²) in [6.07, 6.45) is 0.244. The molecule has 0 spiro atoms. The highest BCUT2D eigenvalue weighted by Crippen LogP contribution is 2.46. The summed E-state index contributed by atoms with van der Waals surface area (Å²) in [5.41, 5.74) is 1.83. The number of aliphatic carboxylic acids is 1. The lowest BCUT2D eigenvalue weighted by atomic mass is 9.80. The maximum Gasteiger partial charge on any atom is 0.327 e. The first-order chi connectivity index (χ1) is 12.7. The van der Waals surface area contributed by atoms with Gasteiger partial charge in [0.05, 0.1) is 4.99 Å². The molecule has 3 rings (SSSR count). The van der Waals surface area contributed by atoms with Gasteiger partial charge in [0, 0.05) is 29.0 Å². The molecule has 1 heterocycles. The van der Waals surface area contributed by atoms with E-state index in [-0.39, 0.29) is 18.1 Å². The number of para-hydroxylation sites is 1. The lowest BCUT2D eigenvalue weighted by molar-refractivity contribution is -0.139. The summed E-state index contributed by atoms with van der Waals surface area (Å²) in [7, 11) is 0. The molecule has 5 heteroatoms. The Balaban J connectivity index is 1.90. The van der Waals surface area contributed by atoms with Gasteiger partial charge >= 0.3 is 5.97 Å². The molecular weight excluding hydrogens is 358 g/mol. The molecule has 1 aliphatic heterocycles. The summed E-state index contributed by atoms with van der Waals surface area (Å²) in [5.74, 6) is -1.17. The van der Waals surface area contributed by atoms with Crippen LogP contribution in [-0.4, -0.2) is 27.9 Å². The second-order valence-corrected chi connectivity index (χ2v) is 8.00. The maximum atomic E-state index is 12.6. The van der Waals surface area contributed by atoms with E-state index < -0.39 is 17.4 Å². The molecule has 0 amide bonds. The molecule has 2 aromatic carbocycles. The second-order valence-electron chi connectivity index (χ2n) is 7.58. The number of benzene rings is 2. The largest absolute Gasteiger partial charge is 0.480 e. The van der Waals surface area contributed by atoms with Crippen LogP contribution in [0.5, 0.6) is 0 Å². The lowest BCUT2D eigenvalue weighted by Gasteiger charge is -2.33. The third-order valence-corrected chi connectivity index (χ3v) is 5.88. The van der Waals surface area contributed by atoms with Crippen molar-refractivity contribution in [2.75, 3.05) is 4.90 Å². The number of anilines is 1. The molecule has 0 radical (unpaired) electrons. The minimum absolute atomic E-state index is 0.00377. The van der Waals surface area contributed by atoms with Crippen molar-refractivity contribution in [2.24, 2.45) is 5.92 Å². The number of nitrogens with zero attached hydrogens (tertiary/aromatic N) is 1. The van der Waals surface area contributed by atoms with E-state index >= 15 is 0 Å². The zero-order valence-electron chi connectivity index (χ0n) is 15.7. The Morgan fingerprint density at radius 2 is 1.70 bits per heavy atom. The first-order valence-electron chi connectivity index (χ1n) is 8.98. The smallest absolute Gasteiger partial charge is 0.327 e. The van der Waals surface area contributed by atoms with Gasteiger partial charge in [-0.1, -0.05) is 81.5 Å². The second kappa shape index (κ2) is 7.24. The van der Waals surface area contributed by atoms with Gasteiger partial charge in [-0.15, -0.1) is 0 Å². The number of carbonyl (C=O) groups excluding carboxylic acids is 1. The molecule has 0 fully saturated rings. The number of ketones is 1. The Morgan fingerprint density at radius 1 is 1.11 bits per heavy atom. The standard InChI is InChI=1S/C22H23NO3S/c1-14(13-18(24)15-9-5-4-6-10-15)20(27)23-17-12-8-7-11-16(17)22(2,3)19(23)21(25)26/h4-12,14,19H,13H2,1-3H3,(H,25,26). The van der Waals surface area contributed by atoms with Crippen LogP contribution >= 0.6 is 12.2 Å². The molecule has 4 nitrogen and oxygen atoms in total. The molecule has 1 aliphatic rings. The van der Waals surface area contributed by atoms with Gasteiger partial charge in [-0.25, -0.2) is 4.79 Å². The molecule has 0 saturated carbocycles. The number of thiocarbonyl (C=S) groups is 1. The predicted octanol–water partition coefficient (Wildman–Crippen LogP) is 4.47. The van der Waals surface area contributed by atoms with Gasteiger partial charge in [0.15, 0.2) is 5.78 Å². The van der Waals surface area contributed by atoms with Gasteiger partial charge in [-0.05, 0) is 11.6 Å². The fourth-order valence-electron chi connectivity index (χ4n) is 3.85. The van der Waals surface area contributed by atoms with Crippen LogP contribution in [-0.2, 0) is 10.2 Å². The number of hydrogen-bond donors (Lipinski definition) is 1. The Labute approximate surface area is 164 Å². The van der Waals surface area contributed by atoms with E-state index in [1.807, 2.05) is 63.2 Å². The number of fused-ring (bicyclic) bond motifs is 1. The number of Topliss-reactive ketones (excluding diaryl/α,β-unsaturated/α-hetero) is 1. The van der Waals surface area contributed by atoms with Crippen LogP contribution in [0.1, 0.15) is 43.1 Å². The molecule has 0 aliphatic carbocycles. The molecule has 0 bridgehead atoms. The number of carboxylic acids is 1. The topological polar surface area (TPSA) is 57.6 Å². The molecule has 0 aromatic heterocycles. The summed E-state index contributed by atoms with van der Waals surface area (Å²) < 4.78 is 0. The lowest BCUT2D eigenvalue weighted by Crippen LogP contribution is -2.51. The maximum absolute atomic E-state index is 12.6.